The molecule has 0 amide bonds. The van der Waals surface area contributed by atoms with Gasteiger partial charge in [0, 0.05) is 31.9 Å². The van der Waals surface area contributed by atoms with Gasteiger partial charge in [-0.3, -0.25) is 9.58 Å². The second-order valence-corrected chi connectivity index (χ2v) is 4.53. The number of morpholine rings is 1. The van der Waals surface area contributed by atoms with E-state index in [0.717, 1.165) is 45.7 Å². The number of anilines is 1. The van der Waals surface area contributed by atoms with Crippen LogP contribution in [0.4, 0.5) is 5.82 Å². The van der Waals surface area contributed by atoms with Crippen LogP contribution in [0.5, 0.6) is 0 Å². The highest BCUT2D eigenvalue weighted by molar-refractivity contribution is 5.23. The summed E-state index contributed by atoms with van der Waals surface area (Å²) in [5.41, 5.74) is 5.58. The van der Waals surface area contributed by atoms with Gasteiger partial charge in [0.15, 0.2) is 0 Å². The second-order valence-electron chi connectivity index (χ2n) is 4.53. The molecule has 2 rings (SSSR count). The van der Waals surface area contributed by atoms with Crippen molar-refractivity contribution in [3.05, 3.63) is 12.3 Å². The van der Waals surface area contributed by atoms with E-state index in [9.17, 15) is 0 Å². The van der Waals surface area contributed by atoms with Crippen LogP contribution in [0.15, 0.2) is 12.3 Å². The van der Waals surface area contributed by atoms with E-state index in [-0.39, 0.29) is 0 Å². The number of hydrogen-bond acceptors (Lipinski definition) is 4. The van der Waals surface area contributed by atoms with E-state index < -0.39 is 0 Å². The summed E-state index contributed by atoms with van der Waals surface area (Å²) in [4.78, 5) is 2.52. The monoisotopic (exact) mass is 238 g/mol. The van der Waals surface area contributed by atoms with Crippen LogP contribution in [-0.2, 0) is 11.3 Å². The fourth-order valence-corrected chi connectivity index (χ4v) is 2.30. The lowest BCUT2D eigenvalue weighted by Crippen LogP contribution is -2.45. The van der Waals surface area contributed by atoms with Crippen LogP contribution in [0.25, 0.3) is 0 Å². The van der Waals surface area contributed by atoms with Crippen molar-refractivity contribution >= 4 is 5.82 Å². The highest BCUT2D eigenvalue weighted by Gasteiger charge is 2.20. The van der Waals surface area contributed by atoms with Gasteiger partial charge in [-0.25, -0.2) is 0 Å². The van der Waals surface area contributed by atoms with Crippen molar-refractivity contribution in [2.45, 2.75) is 32.4 Å². The lowest BCUT2D eigenvalue weighted by molar-refractivity contribution is -0.00944. The van der Waals surface area contributed by atoms with Crippen LogP contribution in [0, 0.1) is 0 Å². The molecule has 1 saturated heterocycles. The Labute approximate surface area is 103 Å². The Kier molecular flexibility index (Phi) is 4.39. The predicted molar refractivity (Wildman–Crippen MR) is 67.7 cm³/mol. The van der Waals surface area contributed by atoms with Gasteiger partial charge >= 0.3 is 0 Å². The number of nitrogen functional groups attached to an aromatic ring is 1. The Morgan fingerprint density at radius 1 is 1.53 bits per heavy atom. The standard InChI is InChI=1S/C12H22N4O/c1-2-11-10-17-9-8-15(11)5-3-6-16-7-4-12(13)14-16/h4,7,11H,2-3,5-6,8-10H2,1H3,(H2,13,14). The van der Waals surface area contributed by atoms with Crippen molar-refractivity contribution in [2.24, 2.45) is 0 Å². The van der Waals surface area contributed by atoms with Crippen molar-refractivity contribution in [3.63, 3.8) is 0 Å². The van der Waals surface area contributed by atoms with Crippen molar-refractivity contribution in [1.82, 2.24) is 14.7 Å². The molecular formula is C12H22N4O. The number of nitrogens with zero attached hydrogens (tertiary/aromatic N) is 3. The van der Waals surface area contributed by atoms with Crippen LogP contribution in [0.3, 0.4) is 0 Å². The molecular weight excluding hydrogens is 216 g/mol. The zero-order valence-electron chi connectivity index (χ0n) is 10.5. The molecule has 1 aromatic heterocycles. The topological polar surface area (TPSA) is 56.3 Å². The van der Waals surface area contributed by atoms with E-state index >= 15 is 0 Å². The van der Waals surface area contributed by atoms with E-state index in [1.54, 1.807) is 0 Å². The Morgan fingerprint density at radius 3 is 3.12 bits per heavy atom. The van der Waals surface area contributed by atoms with Gasteiger partial charge in [-0.05, 0) is 18.9 Å². The number of aryl methyl sites for hydroxylation is 1. The van der Waals surface area contributed by atoms with Gasteiger partial charge in [0.2, 0.25) is 0 Å². The minimum absolute atomic E-state index is 0.589. The zero-order chi connectivity index (χ0) is 12.1. The molecule has 1 aliphatic heterocycles. The van der Waals surface area contributed by atoms with Crippen LogP contribution in [0.1, 0.15) is 19.8 Å². The molecule has 0 radical (unpaired) electrons. The third-order valence-corrected chi connectivity index (χ3v) is 3.31. The van der Waals surface area contributed by atoms with E-state index in [2.05, 4.69) is 16.9 Å². The first-order chi connectivity index (χ1) is 8.29. The van der Waals surface area contributed by atoms with Gasteiger partial charge in [0.1, 0.15) is 5.82 Å². The first-order valence-electron chi connectivity index (χ1n) is 6.40. The summed E-state index contributed by atoms with van der Waals surface area (Å²) in [5, 5.41) is 4.18. The Balaban J connectivity index is 1.73. The average molecular weight is 238 g/mol. The molecule has 96 valence electrons. The molecule has 5 heteroatoms. The molecule has 0 aliphatic carbocycles. The number of aromatic nitrogens is 2. The molecule has 0 bridgehead atoms. The minimum Gasteiger partial charge on any atom is -0.382 e. The van der Waals surface area contributed by atoms with Gasteiger partial charge < -0.3 is 10.5 Å². The third-order valence-electron chi connectivity index (χ3n) is 3.31. The highest BCUT2D eigenvalue weighted by atomic mass is 16.5. The molecule has 1 aliphatic rings. The summed E-state index contributed by atoms with van der Waals surface area (Å²) < 4.78 is 7.41. The Bertz CT molecular complexity index is 339. The number of ether oxygens (including phenoxy) is 1. The van der Waals surface area contributed by atoms with E-state index in [4.69, 9.17) is 10.5 Å². The highest BCUT2D eigenvalue weighted by Crippen LogP contribution is 2.10. The Morgan fingerprint density at radius 2 is 2.41 bits per heavy atom. The average Bonchev–Trinajstić information content (AvgIpc) is 2.76. The van der Waals surface area contributed by atoms with Crippen LogP contribution in [0.2, 0.25) is 0 Å². The molecule has 17 heavy (non-hydrogen) atoms. The summed E-state index contributed by atoms with van der Waals surface area (Å²) >= 11 is 0. The SMILES string of the molecule is CCC1COCCN1CCCn1ccc(N)n1. The van der Waals surface area contributed by atoms with Gasteiger partial charge in [-0.15, -0.1) is 0 Å². The fourth-order valence-electron chi connectivity index (χ4n) is 2.30. The number of rotatable bonds is 5. The molecule has 0 saturated carbocycles. The van der Waals surface area contributed by atoms with Crippen molar-refractivity contribution in [3.8, 4) is 0 Å². The molecule has 1 aromatic rings. The van der Waals surface area contributed by atoms with Gasteiger partial charge in [0.25, 0.3) is 0 Å². The largest absolute Gasteiger partial charge is 0.382 e. The molecule has 0 spiro atoms. The minimum atomic E-state index is 0.589. The van der Waals surface area contributed by atoms with Crippen LogP contribution in [-0.4, -0.2) is 47.0 Å². The molecule has 5 nitrogen and oxygen atoms in total. The van der Waals surface area contributed by atoms with Crippen molar-refractivity contribution in [2.75, 3.05) is 32.0 Å². The summed E-state index contributed by atoms with van der Waals surface area (Å²) in [6.45, 7) is 7.07. The maximum Gasteiger partial charge on any atom is 0.145 e. The summed E-state index contributed by atoms with van der Waals surface area (Å²) in [5.74, 6) is 0.600. The maximum absolute atomic E-state index is 5.58. The van der Waals surface area contributed by atoms with Crippen molar-refractivity contribution in [1.29, 1.82) is 0 Å². The van der Waals surface area contributed by atoms with Crippen LogP contribution >= 0.6 is 0 Å². The third kappa shape index (κ3) is 3.44. The molecule has 2 heterocycles. The van der Waals surface area contributed by atoms with E-state index in [0.29, 0.717) is 11.9 Å². The zero-order valence-corrected chi connectivity index (χ0v) is 10.5. The molecule has 1 atom stereocenters. The van der Waals surface area contributed by atoms with Crippen LogP contribution < -0.4 is 5.73 Å². The number of hydrogen-bond donors (Lipinski definition) is 1. The first-order valence-corrected chi connectivity index (χ1v) is 6.40. The summed E-state index contributed by atoms with van der Waals surface area (Å²) in [6, 6.07) is 2.43. The summed E-state index contributed by atoms with van der Waals surface area (Å²) in [7, 11) is 0. The quantitative estimate of drug-likeness (QED) is 0.830. The lowest BCUT2D eigenvalue weighted by Gasteiger charge is -2.34. The van der Waals surface area contributed by atoms with Gasteiger partial charge in [-0.1, -0.05) is 6.92 Å². The van der Waals surface area contributed by atoms with E-state index in [1.807, 2.05) is 16.9 Å². The smallest absolute Gasteiger partial charge is 0.145 e. The molecule has 2 N–H and O–H groups in total. The van der Waals surface area contributed by atoms with Gasteiger partial charge in [-0.2, -0.15) is 5.10 Å². The normalized spacial score (nSPS) is 21.8. The summed E-state index contributed by atoms with van der Waals surface area (Å²) in [6.07, 6.45) is 4.21. The maximum atomic E-state index is 5.58. The molecule has 0 aromatic carbocycles. The molecule has 1 fully saturated rings. The molecule has 1 unspecified atom stereocenters. The lowest BCUT2D eigenvalue weighted by atomic mass is 10.1. The predicted octanol–water partition coefficient (Wildman–Crippen LogP) is 0.966. The van der Waals surface area contributed by atoms with Gasteiger partial charge in [0.05, 0.1) is 13.2 Å². The number of nitrogens with two attached hydrogens (primary N) is 1. The first kappa shape index (κ1) is 12.4. The fraction of sp³-hybridized carbons (Fsp3) is 0.750. The Hall–Kier alpha value is -1.07. The van der Waals surface area contributed by atoms with Crippen molar-refractivity contribution < 1.29 is 4.74 Å². The second kappa shape index (κ2) is 6.02. The van der Waals surface area contributed by atoms with E-state index in [1.165, 1.54) is 0 Å².